The van der Waals surface area contributed by atoms with E-state index in [1.54, 1.807) is 7.11 Å². The lowest BCUT2D eigenvalue weighted by atomic mass is 9.91. The molecule has 1 aromatic carbocycles. The lowest BCUT2D eigenvalue weighted by Crippen LogP contribution is -2.25. The first kappa shape index (κ1) is 11.9. The van der Waals surface area contributed by atoms with E-state index in [0.717, 1.165) is 28.6 Å². The highest BCUT2D eigenvalue weighted by molar-refractivity contribution is 9.10. The van der Waals surface area contributed by atoms with Crippen molar-refractivity contribution < 1.29 is 9.84 Å². The fraction of sp³-hybridized carbons (Fsp3) is 0.500. The molecule has 2 rings (SSSR count). The van der Waals surface area contributed by atoms with Gasteiger partial charge in [0.2, 0.25) is 0 Å². The zero-order chi connectivity index (χ0) is 11.8. The molecule has 1 fully saturated rings. The second-order valence-corrected chi connectivity index (χ2v) is 5.25. The molecule has 0 spiro atoms. The van der Waals surface area contributed by atoms with Crippen LogP contribution in [0, 0.1) is 5.41 Å². The normalized spacial score (nSPS) is 19.2. The summed E-state index contributed by atoms with van der Waals surface area (Å²) in [7, 11) is 1.63. The van der Waals surface area contributed by atoms with Crippen LogP contribution in [0.5, 0.6) is 5.75 Å². The summed E-state index contributed by atoms with van der Waals surface area (Å²) in [6.07, 6.45) is 2.02. The van der Waals surface area contributed by atoms with E-state index >= 15 is 0 Å². The van der Waals surface area contributed by atoms with Gasteiger partial charge in [-0.1, -0.05) is 6.07 Å². The first-order valence-electron chi connectivity index (χ1n) is 5.33. The van der Waals surface area contributed by atoms with E-state index in [4.69, 9.17) is 10.5 Å². The molecule has 1 saturated carbocycles. The first-order chi connectivity index (χ1) is 7.63. The number of benzene rings is 1. The monoisotopic (exact) mass is 285 g/mol. The van der Waals surface area contributed by atoms with Crippen LogP contribution in [-0.2, 0) is 0 Å². The number of hydrogen-bond acceptors (Lipinski definition) is 3. The summed E-state index contributed by atoms with van der Waals surface area (Å²) >= 11 is 3.44. The molecule has 0 aliphatic heterocycles. The number of nitrogens with two attached hydrogens (primary N) is 1. The minimum absolute atomic E-state index is 0.0893. The molecule has 0 aromatic heterocycles. The maximum atomic E-state index is 9.34. The number of aliphatic hydroxyl groups excluding tert-OH is 1. The van der Waals surface area contributed by atoms with Gasteiger partial charge in [0.05, 0.1) is 18.2 Å². The molecule has 0 amide bonds. The molecular formula is C12H16BrNO2. The van der Waals surface area contributed by atoms with Crippen LogP contribution < -0.4 is 10.5 Å². The van der Waals surface area contributed by atoms with Crippen molar-refractivity contribution >= 4 is 15.9 Å². The Morgan fingerprint density at radius 2 is 2.25 bits per heavy atom. The molecule has 1 aromatic rings. The Morgan fingerprint density at radius 1 is 1.56 bits per heavy atom. The highest BCUT2D eigenvalue weighted by atomic mass is 79.9. The number of aliphatic hydroxyl groups is 1. The van der Waals surface area contributed by atoms with Gasteiger partial charge >= 0.3 is 0 Å². The van der Waals surface area contributed by atoms with Crippen LogP contribution in [0.4, 0.5) is 0 Å². The zero-order valence-corrected chi connectivity index (χ0v) is 10.8. The van der Waals surface area contributed by atoms with Crippen LogP contribution in [0.15, 0.2) is 22.7 Å². The highest BCUT2D eigenvalue weighted by Gasteiger charge is 2.47. The first-order valence-corrected chi connectivity index (χ1v) is 6.12. The average Bonchev–Trinajstić information content (AvgIpc) is 3.09. The van der Waals surface area contributed by atoms with Crippen LogP contribution in [0.3, 0.4) is 0 Å². The molecule has 1 unspecified atom stereocenters. The number of methoxy groups -OCH3 is 1. The topological polar surface area (TPSA) is 55.5 Å². The van der Waals surface area contributed by atoms with Crippen molar-refractivity contribution in [3.63, 3.8) is 0 Å². The van der Waals surface area contributed by atoms with E-state index in [0.29, 0.717) is 0 Å². The second-order valence-electron chi connectivity index (χ2n) is 4.39. The molecular weight excluding hydrogens is 270 g/mol. The van der Waals surface area contributed by atoms with Gasteiger partial charge in [0.25, 0.3) is 0 Å². The van der Waals surface area contributed by atoms with E-state index in [2.05, 4.69) is 15.9 Å². The minimum Gasteiger partial charge on any atom is -0.496 e. The van der Waals surface area contributed by atoms with Crippen molar-refractivity contribution in [1.29, 1.82) is 0 Å². The van der Waals surface area contributed by atoms with E-state index in [1.807, 2.05) is 18.2 Å². The van der Waals surface area contributed by atoms with E-state index < -0.39 is 0 Å². The molecule has 3 N–H and O–H groups in total. The maximum Gasteiger partial charge on any atom is 0.133 e. The molecule has 4 heteroatoms. The Labute approximate surface area is 104 Å². The van der Waals surface area contributed by atoms with Gasteiger partial charge < -0.3 is 15.6 Å². The number of rotatable bonds is 4. The van der Waals surface area contributed by atoms with Crippen LogP contribution in [0.25, 0.3) is 0 Å². The predicted octanol–water partition coefficient (Wildman–Crippen LogP) is 2.23. The Kier molecular flexibility index (Phi) is 3.24. The zero-order valence-electron chi connectivity index (χ0n) is 9.24. The van der Waals surface area contributed by atoms with Crippen LogP contribution in [0.2, 0.25) is 0 Å². The summed E-state index contributed by atoms with van der Waals surface area (Å²) in [4.78, 5) is 0. The van der Waals surface area contributed by atoms with Gasteiger partial charge in [0.1, 0.15) is 5.75 Å². The van der Waals surface area contributed by atoms with Gasteiger partial charge in [-0.05, 0) is 46.5 Å². The fourth-order valence-electron chi connectivity index (χ4n) is 1.96. The average molecular weight is 286 g/mol. The molecule has 1 atom stereocenters. The maximum absolute atomic E-state index is 9.34. The van der Waals surface area contributed by atoms with Crippen molar-refractivity contribution in [1.82, 2.24) is 0 Å². The summed E-state index contributed by atoms with van der Waals surface area (Å²) in [6, 6.07) is 5.73. The van der Waals surface area contributed by atoms with Crippen molar-refractivity contribution in [2.24, 2.45) is 11.1 Å². The number of ether oxygens (including phenoxy) is 1. The van der Waals surface area contributed by atoms with Crippen LogP contribution in [-0.4, -0.2) is 18.8 Å². The lowest BCUT2D eigenvalue weighted by molar-refractivity contribution is 0.187. The second kappa shape index (κ2) is 4.35. The lowest BCUT2D eigenvalue weighted by Gasteiger charge is -2.22. The van der Waals surface area contributed by atoms with Gasteiger partial charge in [-0.3, -0.25) is 0 Å². The molecule has 1 aliphatic rings. The van der Waals surface area contributed by atoms with Crippen molar-refractivity contribution in [3.05, 3.63) is 28.2 Å². The van der Waals surface area contributed by atoms with Gasteiger partial charge in [-0.15, -0.1) is 0 Å². The van der Waals surface area contributed by atoms with Crippen LogP contribution >= 0.6 is 15.9 Å². The molecule has 0 radical (unpaired) electrons. The quantitative estimate of drug-likeness (QED) is 0.892. The molecule has 3 nitrogen and oxygen atoms in total. The van der Waals surface area contributed by atoms with Gasteiger partial charge in [0, 0.05) is 11.5 Å². The van der Waals surface area contributed by atoms with E-state index in [1.165, 1.54) is 0 Å². The summed E-state index contributed by atoms with van der Waals surface area (Å²) in [6.45, 7) is 0.164. The molecule has 16 heavy (non-hydrogen) atoms. The summed E-state index contributed by atoms with van der Waals surface area (Å²) in [5, 5.41) is 9.34. The van der Waals surface area contributed by atoms with Crippen molar-refractivity contribution in [2.45, 2.75) is 18.9 Å². The third-order valence-electron chi connectivity index (χ3n) is 3.40. The van der Waals surface area contributed by atoms with Gasteiger partial charge in [-0.2, -0.15) is 0 Å². The number of hydrogen-bond donors (Lipinski definition) is 2. The Hall–Kier alpha value is -0.580. The van der Waals surface area contributed by atoms with Crippen molar-refractivity contribution in [2.75, 3.05) is 13.7 Å². The van der Waals surface area contributed by atoms with Gasteiger partial charge in [-0.25, -0.2) is 0 Å². The Bertz CT molecular complexity index is 391. The van der Waals surface area contributed by atoms with E-state index in [9.17, 15) is 5.11 Å². The van der Waals surface area contributed by atoms with E-state index in [-0.39, 0.29) is 18.1 Å². The van der Waals surface area contributed by atoms with Gasteiger partial charge in [0.15, 0.2) is 0 Å². The smallest absolute Gasteiger partial charge is 0.133 e. The van der Waals surface area contributed by atoms with Crippen molar-refractivity contribution in [3.8, 4) is 5.75 Å². The minimum atomic E-state index is -0.0975. The third kappa shape index (κ3) is 1.97. The fourth-order valence-corrected chi connectivity index (χ4v) is 2.52. The summed E-state index contributed by atoms with van der Waals surface area (Å²) in [5.74, 6) is 0.796. The van der Waals surface area contributed by atoms with Crippen LogP contribution in [0.1, 0.15) is 24.4 Å². The summed E-state index contributed by atoms with van der Waals surface area (Å²) < 4.78 is 6.07. The molecule has 88 valence electrons. The molecule has 0 bridgehead atoms. The predicted molar refractivity (Wildman–Crippen MR) is 66.4 cm³/mol. The molecule has 0 heterocycles. The molecule has 1 aliphatic carbocycles. The third-order valence-corrected chi connectivity index (χ3v) is 4.02. The Morgan fingerprint density at radius 3 is 2.69 bits per heavy atom. The SMILES string of the molecule is COc1ccc(C(N)C2(CO)CC2)cc1Br. The molecule has 0 saturated heterocycles. The summed E-state index contributed by atoms with van der Waals surface area (Å²) in [5.41, 5.74) is 7.14. The largest absolute Gasteiger partial charge is 0.496 e. The Balaban J connectivity index is 2.24. The standard InChI is InChI=1S/C12H16BrNO2/c1-16-10-3-2-8(6-9(10)13)11(14)12(7-15)4-5-12/h2-3,6,11,15H,4-5,7,14H2,1H3. The highest BCUT2D eigenvalue weighted by Crippen LogP contribution is 2.53. The number of halogens is 1.